The van der Waals surface area contributed by atoms with E-state index in [9.17, 15) is 19.1 Å². The van der Waals surface area contributed by atoms with Crippen LogP contribution in [-0.2, 0) is 0 Å². The Morgan fingerprint density at radius 1 is 1.29 bits per heavy atom. The van der Waals surface area contributed by atoms with Crippen LogP contribution in [0.2, 0.25) is 0 Å². The molecule has 0 radical (unpaired) electrons. The van der Waals surface area contributed by atoms with Crippen LogP contribution in [0.25, 0.3) is 16.8 Å². The monoisotopic (exact) mass is 480 g/mol. The number of halogens is 2. The van der Waals surface area contributed by atoms with Crippen molar-refractivity contribution in [3.05, 3.63) is 59.3 Å². The average molecular weight is 480 g/mol. The van der Waals surface area contributed by atoms with Crippen molar-refractivity contribution >= 4 is 5.52 Å². The van der Waals surface area contributed by atoms with Gasteiger partial charge in [-0.2, -0.15) is 10.4 Å². The normalized spacial score (nSPS) is 15.3. The third-order valence-corrected chi connectivity index (χ3v) is 6.13. The molecule has 0 bridgehead atoms. The van der Waals surface area contributed by atoms with Crippen LogP contribution in [0, 0.1) is 29.9 Å². The molecule has 10 nitrogen and oxygen atoms in total. The number of aromatic nitrogens is 6. The number of nitriles is 1. The van der Waals surface area contributed by atoms with Crippen molar-refractivity contribution in [2.45, 2.75) is 31.9 Å². The minimum absolute atomic E-state index is 0.164. The van der Waals surface area contributed by atoms with Gasteiger partial charge in [0.05, 0.1) is 30.7 Å². The van der Waals surface area contributed by atoms with Crippen LogP contribution in [-0.4, -0.2) is 54.4 Å². The number of pyridine rings is 2. The molecule has 12 heteroatoms. The zero-order valence-electron chi connectivity index (χ0n) is 18.8. The Morgan fingerprint density at radius 2 is 2.09 bits per heavy atom. The molecule has 0 saturated carbocycles. The molecule has 1 aliphatic rings. The standard InChI is InChI=1S/C23H22F2N8O2/c1-13-21(30-31-33(13)17-2-4-27-5-3-17)14-6-19(23-15(8-26)9-29-32(23)11-14)35-20(12-34)22-18(25)7-16(24)10-28-22/h6-7,9-11,17,20,27,34H,2-5,12H2,1H3. The van der Waals surface area contributed by atoms with E-state index in [-0.39, 0.29) is 23.0 Å². The lowest BCUT2D eigenvalue weighted by Crippen LogP contribution is -2.30. The maximum absolute atomic E-state index is 14.4. The number of nitrogens with one attached hydrogen (secondary N) is 1. The highest BCUT2D eigenvalue weighted by atomic mass is 19.1. The zero-order chi connectivity index (χ0) is 24.5. The number of aliphatic hydroxyl groups excluding tert-OH is 1. The molecule has 1 fully saturated rings. The van der Waals surface area contributed by atoms with E-state index in [1.165, 1.54) is 10.7 Å². The summed E-state index contributed by atoms with van der Waals surface area (Å²) >= 11 is 0. The SMILES string of the molecule is Cc1c(-c2cc(OC(CO)c3ncc(F)cc3F)c3c(C#N)cnn3c2)nnn1C1CCNCC1. The quantitative estimate of drug-likeness (QED) is 0.431. The molecular weight excluding hydrogens is 458 g/mol. The summed E-state index contributed by atoms with van der Waals surface area (Å²) in [6.07, 6.45) is 4.57. The molecule has 0 amide bonds. The number of fused-ring (bicyclic) bond motifs is 1. The second kappa shape index (κ2) is 9.36. The molecule has 4 aromatic heterocycles. The van der Waals surface area contributed by atoms with E-state index in [1.54, 1.807) is 12.3 Å². The van der Waals surface area contributed by atoms with Crippen molar-refractivity contribution < 1.29 is 18.6 Å². The van der Waals surface area contributed by atoms with Gasteiger partial charge in [0.2, 0.25) is 0 Å². The Bertz CT molecular complexity index is 1420. The van der Waals surface area contributed by atoms with Crippen LogP contribution >= 0.6 is 0 Å². The summed E-state index contributed by atoms with van der Waals surface area (Å²) in [6, 6.07) is 4.60. The van der Waals surface area contributed by atoms with E-state index in [2.05, 4.69) is 31.8 Å². The third kappa shape index (κ3) is 4.20. The molecule has 35 heavy (non-hydrogen) atoms. The van der Waals surface area contributed by atoms with Gasteiger partial charge >= 0.3 is 0 Å². The first-order valence-corrected chi connectivity index (χ1v) is 11.1. The van der Waals surface area contributed by atoms with E-state index in [0.717, 1.165) is 37.8 Å². The van der Waals surface area contributed by atoms with Crippen molar-refractivity contribution in [1.29, 1.82) is 5.26 Å². The number of rotatable bonds is 6. The van der Waals surface area contributed by atoms with E-state index >= 15 is 0 Å². The first-order valence-electron chi connectivity index (χ1n) is 11.1. The van der Waals surface area contributed by atoms with Gasteiger partial charge in [-0.15, -0.1) is 5.10 Å². The van der Waals surface area contributed by atoms with Crippen molar-refractivity contribution in [2.75, 3.05) is 19.7 Å². The maximum atomic E-state index is 14.4. The van der Waals surface area contributed by atoms with E-state index < -0.39 is 24.3 Å². The Hall–Kier alpha value is -3.95. The molecule has 5 heterocycles. The lowest BCUT2D eigenvalue weighted by Gasteiger charge is -2.23. The van der Waals surface area contributed by atoms with Gasteiger partial charge in [-0.05, 0) is 38.9 Å². The van der Waals surface area contributed by atoms with Crippen molar-refractivity contribution in [1.82, 2.24) is 34.9 Å². The fourth-order valence-electron chi connectivity index (χ4n) is 4.39. The lowest BCUT2D eigenvalue weighted by molar-refractivity contribution is 0.110. The van der Waals surface area contributed by atoms with Crippen molar-refractivity contribution in [2.24, 2.45) is 0 Å². The fraction of sp³-hybridized carbons (Fsp3) is 0.348. The number of nitrogens with zero attached hydrogens (tertiary/aromatic N) is 7. The Balaban J connectivity index is 1.58. The Morgan fingerprint density at radius 3 is 2.80 bits per heavy atom. The Kier molecular flexibility index (Phi) is 6.10. The molecule has 0 aromatic carbocycles. The third-order valence-electron chi connectivity index (χ3n) is 6.13. The van der Waals surface area contributed by atoms with Crippen LogP contribution in [0.4, 0.5) is 8.78 Å². The first-order chi connectivity index (χ1) is 17.0. The number of aliphatic hydroxyl groups is 1. The van der Waals surface area contributed by atoms with Crippen molar-refractivity contribution in [3.63, 3.8) is 0 Å². The summed E-state index contributed by atoms with van der Waals surface area (Å²) in [5.74, 6) is -1.63. The molecule has 0 spiro atoms. The highest BCUT2D eigenvalue weighted by Crippen LogP contribution is 2.34. The lowest BCUT2D eigenvalue weighted by atomic mass is 10.1. The molecule has 0 aliphatic carbocycles. The molecule has 4 aromatic rings. The van der Waals surface area contributed by atoms with Crippen LogP contribution < -0.4 is 10.1 Å². The van der Waals surface area contributed by atoms with Gasteiger partial charge in [0.25, 0.3) is 0 Å². The topological polar surface area (TPSA) is 126 Å². The largest absolute Gasteiger partial charge is 0.479 e. The predicted octanol–water partition coefficient (Wildman–Crippen LogP) is 2.48. The summed E-state index contributed by atoms with van der Waals surface area (Å²) in [5.41, 5.74) is 2.38. The highest BCUT2D eigenvalue weighted by molar-refractivity contribution is 5.74. The second-order valence-corrected chi connectivity index (χ2v) is 8.32. The highest BCUT2D eigenvalue weighted by Gasteiger charge is 2.25. The molecule has 1 unspecified atom stereocenters. The van der Waals surface area contributed by atoms with Crippen molar-refractivity contribution in [3.8, 4) is 23.1 Å². The number of piperidine rings is 1. The molecule has 1 atom stereocenters. The van der Waals surface area contributed by atoms with Crippen LogP contribution in [0.5, 0.6) is 5.75 Å². The van der Waals surface area contributed by atoms with E-state index in [4.69, 9.17) is 4.74 Å². The fourth-order valence-corrected chi connectivity index (χ4v) is 4.39. The van der Waals surface area contributed by atoms with E-state index in [1.807, 2.05) is 11.6 Å². The first kappa shape index (κ1) is 22.8. The van der Waals surface area contributed by atoms with Crippen LogP contribution in [0.1, 0.15) is 41.9 Å². The second-order valence-electron chi connectivity index (χ2n) is 8.32. The number of hydrogen-bond donors (Lipinski definition) is 2. The number of hydrogen-bond acceptors (Lipinski definition) is 8. The summed E-state index contributed by atoms with van der Waals surface area (Å²) in [5, 5.41) is 35.8. The molecule has 180 valence electrons. The molecule has 2 N–H and O–H groups in total. The van der Waals surface area contributed by atoms with E-state index in [0.29, 0.717) is 22.8 Å². The Labute approximate surface area is 198 Å². The molecule has 5 rings (SSSR count). The maximum Gasteiger partial charge on any atom is 0.166 e. The van der Waals surface area contributed by atoms with Gasteiger partial charge in [-0.1, -0.05) is 5.21 Å². The van der Waals surface area contributed by atoms with Gasteiger partial charge in [-0.25, -0.2) is 18.0 Å². The summed E-state index contributed by atoms with van der Waals surface area (Å²) in [7, 11) is 0. The van der Waals surface area contributed by atoms with Gasteiger partial charge in [0.15, 0.2) is 11.9 Å². The summed E-state index contributed by atoms with van der Waals surface area (Å²) in [6.45, 7) is 3.11. The smallest absolute Gasteiger partial charge is 0.166 e. The average Bonchev–Trinajstić information content (AvgIpc) is 3.46. The van der Waals surface area contributed by atoms with Crippen LogP contribution in [0.3, 0.4) is 0 Å². The number of ether oxygens (including phenoxy) is 1. The molecule has 1 saturated heterocycles. The van der Waals surface area contributed by atoms with Gasteiger partial charge < -0.3 is 15.2 Å². The predicted molar refractivity (Wildman–Crippen MR) is 119 cm³/mol. The van der Waals surface area contributed by atoms with Gasteiger partial charge in [0.1, 0.15) is 40.1 Å². The van der Waals surface area contributed by atoms with Gasteiger partial charge in [-0.3, -0.25) is 4.98 Å². The summed E-state index contributed by atoms with van der Waals surface area (Å²) < 4.78 is 37.1. The van der Waals surface area contributed by atoms with Gasteiger partial charge in [0, 0.05) is 17.8 Å². The zero-order valence-corrected chi connectivity index (χ0v) is 18.8. The summed E-state index contributed by atoms with van der Waals surface area (Å²) in [4.78, 5) is 3.75. The minimum atomic E-state index is -1.25. The minimum Gasteiger partial charge on any atom is -0.479 e. The molecular formula is C23H22F2N8O2. The van der Waals surface area contributed by atoms with Crippen LogP contribution in [0.15, 0.2) is 30.7 Å². The molecule has 1 aliphatic heterocycles.